The molecular weight excluding hydrogens is 256 g/mol. The number of nitrogens with zero attached hydrogens (tertiary/aromatic N) is 1. The van der Waals surface area contributed by atoms with Crippen LogP contribution in [-0.2, 0) is 4.79 Å². The van der Waals surface area contributed by atoms with Gasteiger partial charge in [0.25, 0.3) is 0 Å². The SMILES string of the molecule is CCCCN(C)C(=O)NC1(C(=O)O)CCC(CC)CC1. The van der Waals surface area contributed by atoms with E-state index >= 15 is 0 Å². The molecule has 1 aliphatic carbocycles. The first-order chi connectivity index (χ1) is 9.45. The first-order valence-corrected chi connectivity index (χ1v) is 7.71. The summed E-state index contributed by atoms with van der Waals surface area (Å²) in [4.78, 5) is 25.3. The zero-order chi connectivity index (χ0) is 15.2. The molecule has 0 heterocycles. The predicted octanol–water partition coefficient (Wildman–Crippen LogP) is 2.85. The van der Waals surface area contributed by atoms with Crippen molar-refractivity contribution in [3.05, 3.63) is 0 Å². The average molecular weight is 284 g/mol. The lowest BCUT2D eigenvalue weighted by molar-refractivity contribution is -0.146. The van der Waals surface area contributed by atoms with E-state index in [2.05, 4.69) is 19.2 Å². The zero-order valence-electron chi connectivity index (χ0n) is 12.9. The Morgan fingerprint density at radius 2 is 1.90 bits per heavy atom. The molecule has 5 nitrogen and oxygen atoms in total. The molecule has 5 heteroatoms. The third-order valence-corrected chi connectivity index (χ3v) is 4.49. The molecule has 0 aromatic carbocycles. The maximum atomic E-state index is 12.1. The van der Waals surface area contributed by atoms with E-state index in [9.17, 15) is 14.7 Å². The van der Waals surface area contributed by atoms with E-state index in [1.54, 1.807) is 11.9 Å². The van der Waals surface area contributed by atoms with Gasteiger partial charge in [-0.2, -0.15) is 0 Å². The van der Waals surface area contributed by atoms with Crippen molar-refractivity contribution in [2.75, 3.05) is 13.6 Å². The summed E-state index contributed by atoms with van der Waals surface area (Å²) in [7, 11) is 1.72. The van der Waals surface area contributed by atoms with Crippen LogP contribution in [0.4, 0.5) is 4.79 Å². The minimum Gasteiger partial charge on any atom is -0.480 e. The van der Waals surface area contributed by atoms with Crippen molar-refractivity contribution in [3.63, 3.8) is 0 Å². The van der Waals surface area contributed by atoms with E-state index in [4.69, 9.17) is 0 Å². The lowest BCUT2D eigenvalue weighted by atomic mass is 9.75. The molecule has 1 aliphatic rings. The standard InChI is InChI=1S/C15H28N2O3/c1-4-6-11-17(3)14(20)16-15(13(18)19)9-7-12(5-2)8-10-15/h12H,4-11H2,1-3H3,(H,16,20)(H,18,19). The third kappa shape index (κ3) is 4.12. The van der Waals surface area contributed by atoms with E-state index in [1.165, 1.54) is 0 Å². The van der Waals surface area contributed by atoms with Crippen LogP contribution in [0.5, 0.6) is 0 Å². The second kappa shape index (κ2) is 7.50. The molecule has 0 aromatic heterocycles. The molecule has 0 unspecified atom stereocenters. The van der Waals surface area contributed by atoms with Crippen LogP contribution in [0.15, 0.2) is 0 Å². The van der Waals surface area contributed by atoms with Gasteiger partial charge in [0.1, 0.15) is 5.54 Å². The molecule has 2 amide bonds. The first kappa shape index (κ1) is 16.8. The van der Waals surface area contributed by atoms with Crippen molar-refractivity contribution in [1.82, 2.24) is 10.2 Å². The molecule has 0 atom stereocenters. The summed E-state index contributed by atoms with van der Waals surface area (Å²) in [5, 5.41) is 12.3. The molecule has 2 N–H and O–H groups in total. The van der Waals surface area contributed by atoms with Gasteiger partial charge in [-0.1, -0.05) is 26.7 Å². The van der Waals surface area contributed by atoms with Gasteiger partial charge < -0.3 is 15.3 Å². The summed E-state index contributed by atoms with van der Waals surface area (Å²) < 4.78 is 0. The number of carboxylic acids is 1. The van der Waals surface area contributed by atoms with Gasteiger partial charge in [0, 0.05) is 13.6 Å². The van der Waals surface area contributed by atoms with Crippen LogP contribution in [0, 0.1) is 5.92 Å². The minimum absolute atomic E-state index is 0.268. The second-order valence-corrected chi connectivity index (χ2v) is 5.94. The van der Waals surface area contributed by atoms with E-state index in [0.29, 0.717) is 25.3 Å². The van der Waals surface area contributed by atoms with Crippen molar-refractivity contribution in [3.8, 4) is 0 Å². The van der Waals surface area contributed by atoms with Crippen molar-refractivity contribution in [2.24, 2.45) is 5.92 Å². The van der Waals surface area contributed by atoms with Crippen LogP contribution in [-0.4, -0.2) is 41.1 Å². The molecule has 1 rings (SSSR count). The largest absolute Gasteiger partial charge is 0.480 e. The Kier molecular flexibility index (Phi) is 6.30. The first-order valence-electron chi connectivity index (χ1n) is 7.71. The van der Waals surface area contributed by atoms with Gasteiger partial charge in [-0.3, -0.25) is 0 Å². The number of carbonyl (C=O) groups excluding carboxylic acids is 1. The molecule has 0 bridgehead atoms. The van der Waals surface area contributed by atoms with Gasteiger partial charge >= 0.3 is 12.0 Å². The number of rotatable bonds is 6. The number of carbonyl (C=O) groups is 2. The Morgan fingerprint density at radius 1 is 1.30 bits per heavy atom. The number of aliphatic carboxylic acids is 1. The molecule has 1 saturated carbocycles. The van der Waals surface area contributed by atoms with Crippen LogP contribution >= 0.6 is 0 Å². The Hall–Kier alpha value is -1.26. The Balaban J connectivity index is 2.64. The molecule has 20 heavy (non-hydrogen) atoms. The van der Waals surface area contributed by atoms with Gasteiger partial charge in [0.05, 0.1) is 0 Å². The number of hydrogen-bond acceptors (Lipinski definition) is 2. The minimum atomic E-state index is -1.07. The second-order valence-electron chi connectivity index (χ2n) is 5.94. The van der Waals surface area contributed by atoms with Gasteiger partial charge in [0.15, 0.2) is 0 Å². The predicted molar refractivity (Wildman–Crippen MR) is 78.7 cm³/mol. The lowest BCUT2D eigenvalue weighted by Gasteiger charge is -2.38. The summed E-state index contributed by atoms with van der Waals surface area (Å²) in [6.45, 7) is 4.86. The van der Waals surface area contributed by atoms with E-state index in [-0.39, 0.29) is 6.03 Å². The zero-order valence-corrected chi connectivity index (χ0v) is 12.9. The van der Waals surface area contributed by atoms with Crippen LogP contribution in [0.1, 0.15) is 58.8 Å². The number of hydrogen-bond donors (Lipinski definition) is 2. The van der Waals surface area contributed by atoms with Crippen LogP contribution < -0.4 is 5.32 Å². The van der Waals surface area contributed by atoms with E-state index in [0.717, 1.165) is 32.1 Å². The molecule has 0 aliphatic heterocycles. The maximum absolute atomic E-state index is 12.1. The van der Waals surface area contributed by atoms with Gasteiger partial charge in [0.2, 0.25) is 0 Å². The lowest BCUT2D eigenvalue weighted by Crippen LogP contribution is -2.58. The molecular formula is C15H28N2O3. The fourth-order valence-electron chi connectivity index (χ4n) is 2.77. The van der Waals surface area contributed by atoms with Crippen LogP contribution in [0.3, 0.4) is 0 Å². The summed E-state index contributed by atoms with van der Waals surface area (Å²) in [6.07, 6.45) is 5.85. The highest BCUT2D eigenvalue weighted by molar-refractivity contribution is 5.86. The molecule has 0 radical (unpaired) electrons. The highest BCUT2D eigenvalue weighted by Crippen LogP contribution is 2.34. The monoisotopic (exact) mass is 284 g/mol. The van der Waals surface area contributed by atoms with Gasteiger partial charge in [-0.05, 0) is 38.0 Å². The smallest absolute Gasteiger partial charge is 0.329 e. The quantitative estimate of drug-likeness (QED) is 0.788. The number of nitrogens with one attached hydrogen (secondary N) is 1. The average Bonchev–Trinajstić information content (AvgIpc) is 2.45. The number of amides is 2. The van der Waals surface area contributed by atoms with Gasteiger partial charge in [-0.25, -0.2) is 9.59 Å². The Labute approximate surface area is 121 Å². The van der Waals surface area contributed by atoms with Crippen molar-refractivity contribution < 1.29 is 14.7 Å². The molecule has 0 saturated heterocycles. The van der Waals surface area contributed by atoms with E-state index in [1.807, 2.05) is 0 Å². The van der Waals surface area contributed by atoms with Crippen molar-refractivity contribution in [1.29, 1.82) is 0 Å². The molecule has 0 spiro atoms. The summed E-state index contributed by atoms with van der Waals surface area (Å²) in [5.41, 5.74) is -1.07. The summed E-state index contributed by atoms with van der Waals surface area (Å²) >= 11 is 0. The van der Waals surface area contributed by atoms with Gasteiger partial charge in [-0.15, -0.1) is 0 Å². The third-order valence-electron chi connectivity index (χ3n) is 4.49. The number of carboxylic acid groups (broad SMARTS) is 1. The van der Waals surface area contributed by atoms with Crippen LogP contribution in [0.25, 0.3) is 0 Å². The van der Waals surface area contributed by atoms with Crippen molar-refractivity contribution in [2.45, 2.75) is 64.3 Å². The van der Waals surface area contributed by atoms with E-state index < -0.39 is 11.5 Å². The number of urea groups is 1. The topological polar surface area (TPSA) is 69.6 Å². The fourth-order valence-corrected chi connectivity index (χ4v) is 2.77. The number of unbranched alkanes of at least 4 members (excludes halogenated alkanes) is 1. The van der Waals surface area contributed by atoms with Crippen LogP contribution in [0.2, 0.25) is 0 Å². The highest BCUT2D eigenvalue weighted by Gasteiger charge is 2.43. The summed E-state index contributed by atoms with van der Waals surface area (Å²) in [5.74, 6) is -0.304. The Morgan fingerprint density at radius 3 is 2.35 bits per heavy atom. The fraction of sp³-hybridized carbons (Fsp3) is 0.867. The molecule has 0 aromatic rings. The molecule has 1 fully saturated rings. The highest BCUT2D eigenvalue weighted by atomic mass is 16.4. The normalized spacial score (nSPS) is 26.1. The van der Waals surface area contributed by atoms with Crippen molar-refractivity contribution >= 4 is 12.0 Å². The molecule has 116 valence electrons. The maximum Gasteiger partial charge on any atom is 0.329 e. The summed E-state index contributed by atoms with van der Waals surface area (Å²) in [6, 6.07) is -0.268. The Bertz CT molecular complexity index is 336.